The number of benzene rings is 2. The SMILES string of the molecule is C=C(CN1CCCCC1)c1ccc2c(c1)CCC[C@H]2NC(=O)CC1C(=O)NCCN1S(=O)(=O)c1ccc(C)cc1. The van der Waals surface area contributed by atoms with E-state index in [0.717, 1.165) is 61.2 Å². The van der Waals surface area contributed by atoms with Crippen LogP contribution >= 0.6 is 0 Å². The number of aryl methyl sites for hydroxylation is 2. The van der Waals surface area contributed by atoms with E-state index in [1.165, 1.54) is 29.1 Å². The third kappa shape index (κ3) is 6.32. The van der Waals surface area contributed by atoms with Gasteiger partial charge >= 0.3 is 0 Å². The highest BCUT2D eigenvalue weighted by Gasteiger charge is 2.40. The van der Waals surface area contributed by atoms with Crippen molar-refractivity contribution in [1.29, 1.82) is 0 Å². The van der Waals surface area contributed by atoms with Crippen molar-refractivity contribution in [3.05, 3.63) is 71.3 Å². The molecule has 1 aliphatic carbocycles. The van der Waals surface area contributed by atoms with Crippen LogP contribution in [-0.2, 0) is 26.0 Å². The Balaban J connectivity index is 1.27. The van der Waals surface area contributed by atoms with Gasteiger partial charge in [0.1, 0.15) is 6.04 Å². The van der Waals surface area contributed by atoms with Gasteiger partial charge < -0.3 is 10.6 Å². The van der Waals surface area contributed by atoms with Crippen LogP contribution in [0.15, 0.2) is 53.9 Å². The van der Waals surface area contributed by atoms with Gasteiger partial charge in [0, 0.05) is 19.6 Å². The minimum absolute atomic E-state index is 0.121. The molecule has 2 aliphatic heterocycles. The van der Waals surface area contributed by atoms with Gasteiger partial charge in [-0.2, -0.15) is 4.31 Å². The number of piperidine rings is 1. The van der Waals surface area contributed by atoms with E-state index in [1.807, 2.05) is 6.92 Å². The number of nitrogens with one attached hydrogen (secondary N) is 2. The van der Waals surface area contributed by atoms with Crippen molar-refractivity contribution in [3.63, 3.8) is 0 Å². The summed E-state index contributed by atoms with van der Waals surface area (Å²) in [5.41, 5.74) is 5.51. The zero-order valence-corrected chi connectivity index (χ0v) is 24.1. The van der Waals surface area contributed by atoms with E-state index >= 15 is 0 Å². The first kappa shape index (κ1) is 28.5. The van der Waals surface area contributed by atoms with Crippen LogP contribution < -0.4 is 10.6 Å². The summed E-state index contributed by atoms with van der Waals surface area (Å²) in [6, 6.07) is 11.7. The number of rotatable bonds is 8. The number of hydrogen-bond donors (Lipinski definition) is 2. The van der Waals surface area contributed by atoms with Gasteiger partial charge in [0.2, 0.25) is 21.8 Å². The lowest BCUT2D eigenvalue weighted by Crippen LogP contribution is -2.58. The minimum Gasteiger partial charge on any atom is -0.353 e. The van der Waals surface area contributed by atoms with Crippen molar-refractivity contribution in [3.8, 4) is 0 Å². The predicted octanol–water partition coefficient (Wildman–Crippen LogP) is 3.57. The Morgan fingerprint density at radius 1 is 1.05 bits per heavy atom. The number of carbonyl (C=O) groups excluding carboxylic acids is 2. The Kier molecular flexibility index (Phi) is 8.73. The summed E-state index contributed by atoms with van der Waals surface area (Å²) >= 11 is 0. The molecule has 3 aliphatic rings. The lowest BCUT2D eigenvalue weighted by Gasteiger charge is -2.34. The highest BCUT2D eigenvalue weighted by molar-refractivity contribution is 7.89. The number of hydrogen-bond acceptors (Lipinski definition) is 5. The summed E-state index contributed by atoms with van der Waals surface area (Å²) in [5, 5.41) is 5.83. The van der Waals surface area contributed by atoms with Crippen molar-refractivity contribution in [2.24, 2.45) is 0 Å². The van der Waals surface area contributed by atoms with Crippen LogP contribution in [0.3, 0.4) is 0 Å². The fraction of sp³-hybridized carbons (Fsp3) is 0.484. The molecule has 5 rings (SSSR count). The molecule has 9 heteroatoms. The zero-order chi connectivity index (χ0) is 28.3. The van der Waals surface area contributed by atoms with E-state index in [9.17, 15) is 18.0 Å². The summed E-state index contributed by atoms with van der Waals surface area (Å²) in [7, 11) is -3.93. The van der Waals surface area contributed by atoms with Crippen molar-refractivity contribution >= 4 is 27.4 Å². The van der Waals surface area contributed by atoms with Crippen LogP contribution in [0, 0.1) is 6.92 Å². The maximum absolute atomic E-state index is 13.4. The molecule has 0 bridgehead atoms. The molecular formula is C31H40N4O4S. The second-order valence-corrected chi connectivity index (χ2v) is 13.2. The molecule has 2 amide bonds. The fourth-order valence-corrected chi connectivity index (χ4v) is 7.70. The van der Waals surface area contributed by atoms with Crippen molar-refractivity contribution < 1.29 is 18.0 Å². The fourth-order valence-electron chi connectivity index (χ4n) is 6.11. The molecule has 2 N–H and O–H groups in total. The van der Waals surface area contributed by atoms with E-state index < -0.39 is 22.0 Å². The lowest BCUT2D eigenvalue weighted by atomic mass is 9.85. The number of sulfonamides is 1. The molecule has 2 fully saturated rings. The topological polar surface area (TPSA) is 98.8 Å². The van der Waals surface area contributed by atoms with Crippen LogP contribution in [0.1, 0.15) is 66.8 Å². The molecule has 1 unspecified atom stereocenters. The van der Waals surface area contributed by atoms with E-state index in [1.54, 1.807) is 24.3 Å². The molecule has 0 saturated carbocycles. The number of amides is 2. The second-order valence-electron chi connectivity index (χ2n) is 11.3. The largest absolute Gasteiger partial charge is 0.353 e. The zero-order valence-electron chi connectivity index (χ0n) is 23.3. The molecule has 2 saturated heterocycles. The molecule has 2 aromatic rings. The maximum Gasteiger partial charge on any atom is 0.243 e. The normalized spacial score (nSPS) is 22.3. The first-order chi connectivity index (χ1) is 19.2. The first-order valence-electron chi connectivity index (χ1n) is 14.4. The molecule has 40 heavy (non-hydrogen) atoms. The van der Waals surface area contributed by atoms with E-state index in [0.29, 0.717) is 0 Å². The second kappa shape index (κ2) is 12.2. The van der Waals surface area contributed by atoms with Crippen LogP contribution in [0.5, 0.6) is 0 Å². The standard InChI is InChI=1S/C31H40N4O4S/c1-22-9-12-26(13-10-22)40(38,39)35-18-15-32-31(37)29(35)20-30(36)33-28-8-6-7-25-19-24(11-14-27(25)28)23(2)21-34-16-4-3-5-17-34/h9-14,19,28-29H,2-8,15-18,20-21H2,1H3,(H,32,37)(H,33,36)/t28-,29?/m1/s1. The van der Waals surface area contributed by atoms with Gasteiger partial charge in [0.25, 0.3) is 0 Å². The monoisotopic (exact) mass is 564 g/mol. The third-order valence-corrected chi connectivity index (χ3v) is 10.3. The molecule has 0 aromatic heterocycles. The van der Waals surface area contributed by atoms with Crippen molar-refractivity contribution in [1.82, 2.24) is 19.8 Å². The Bertz CT molecular complexity index is 1370. The number of likely N-dealkylation sites (tertiary alicyclic amines) is 1. The highest BCUT2D eigenvalue weighted by Crippen LogP contribution is 2.32. The summed E-state index contributed by atoms with van der Waals surface area (Å²) < 4.78 is 28.0. The molecule has 8 nitrogen and oxygen atoms in total. The summed E-state index contributed by atoms with van der Waals surface area (Å²) in [6.45, 7) is 9.70. The average Bonchev–Trinajstić information content (AvgIpc) is 2.94. The van der Waals surface area contributed by atoms with Gasteiger partial charge in [-0.15, -0.1) is 0 Å². The third-order valence-electron chi connectivity index (χ3n) is 8.35. The Morgan fingerprint density at radius 3 is 2.55 bits per heavy atom. The maximum atomic E-state index is 13.4. The van der Waals surface area contributed by atoms with E-state index in [2.05, 4.69) is 40.3 Å². The van der Waals surface area contributed by atoms with Gasteiger partial charge in [-0.05, 0) is 86.5 Å². The molecular weight excluding hydrogens is 524 g/mol. The number of nitrogens with zero attached hydrogens (tertiary/aromatic N) is 2. The number of carbonyl (C=O) groups is 2. The highest BCUT2D eigenvalue weighted by atomic mass is 32.2. The summed E-state index contributed by atoms with van der Waals surface area (Å²) in [4.78, 5) is 28.6. The number of fused-ring (bicyclic) bond motifs is 1. The van der Waals surface area contributed by atoms with Gasteiger partial charge in [-0.3, -0.25) is 14.5 Å². The van der Waals surface area contributed by atoms with Crippen LogP contribution in [0.25, 0.3) is 5.57 Å². The van der Waals surface area contributed by atoms with Crippen molar-refractivity contribution in [2.75, 3.05) is 32.7 Å². The Hall–Kier alpha value is -3.01. The average molecular weight is 565 g/mol. The first-order valence-corrected chi connectivity index (χ1v) is 15.9. The quantitative estimate of drug-likeness (QED) is 0.511. The minimum atomic E-state index is -3.93. The van der Waals surface area contributed by atoms with E-state index in [-0.39, 0.29) is 36.4 Å². The Morgan fingerprint density at radius 2 is 1.80 bits per heavy atom. The van der Waals surface area contributed by atoms with Crippen LogP contribution in [0.2, 0.25) is 0 Å². The molecule has 2 atom stereocenters. The van der Waals surface area contributed by atoms with Gasteiger partial charge in [0.05, 0.1) is 17.4 Å². The summed E-state index contributed by atoms with van der Waals surface area (Å²) in [6.07, 6.45) is 6.26. The van der Waals surface area contributed by atoms with E-state index in [4.69, 9.17) is 0 Å². The van der Waals surface area contributed by atoms with Gasteiger partial charge in [-0.1, -0.05) is 48.9 Å². The smallest absolute Gasteiger partial charge is 0.243 e. The predicted molar refractivity (Wildman–Crippen MR) is 156 cm³/mol. The van der Waals surface area contributed by atoms with Crippen molar-refractivity contribution in [2.45, 2.75) is 68.8 Å². The van der Waals surface area contributed by atoms with Crippen LogP contribution in [-0.4, -0.2) is 68.2 Å². The molecule has 2 aromatic carbocycles. The lowest BCUT2D eigenvalue weighted by molar-refractivity contribution is -0.132. The molecule has 214 valence electrons. The van der Waals surface area contributed by atoms with Gasteiger partial charge in [0.15, 0.2) is 0 Å². The Labute approximate surface area is 237 Å². The summed E-state index contributed by atoms with van der Waals surface area (Å²) in [5.74, 6) is -0.777. The molecule has 0 radical (unpaired) electrons. The van der Waals surface area contributed by atoms with Gasteiger partial charge in [-0.25, -0.2) is 8.42 Å². The molecule has 2 heterocycles. The molecule has 0 spiro atoms. The van der Waals surface area contributed by atoms with Crippen LogP contribution in [0.4, 0.5) is 0 Å². The number of piperazine rings is 1.